The standard InChI is InChI=1S/C23H40N6O/c1-4-27-15-17-28(18-16-27)14-11-25-23(24-2)26-19-22(29-12-5-6-13-29)20-7-9-21(30-3)10-8-20/h7-10,22H,4-6,11-19H2,1-3H3,(H2,24,25,26). The van der Waals surface area contributed by atoms with E-state index in [4.69, 9.17) is 4.74 Å². The van der Waals surface area contributed by atoms with Crippen molar-refractivity contribution in [2.45, 2.75) is 25.8 Å². The molecule has 0 amide bonds. The fourth-order valence-corrected chi connectivity index (χ4v) is 4.41. The molecule has 168 valence electrons. The third kappa shape index (κ3) is 6.59. The van der Waals surface area contributed by atoms with Crippen molar-refractivity contribution in [2.75, 3.05) is 79.6 Å². The lowest BCUT2D eigenvalue weighted by Gasteiger charge is -2.34. The highest BCUT2D eigenvalue weighted by Crippen LogP contribution is 2.26. The molecule has 0 radical (unpaired) electrons. The summed E-state index contributed by atoms with van der Waals surface area (Å²) in [6, 6.07) is 8.85. The van der Waals surface area contributed by atoms with Gasteiger partial charge in [-0.3, -0.25) is 14.8 Å². The number of hydrogen-bond acceptors (Lipinski definition) is 5. The minimum absolute atomic E-state index is 0.346. The fraction of sp³-hybridized carbons (Fsp3) is 0.696. The van der Waals surface area contributed by atoms with Gasteiger partial charge in [0.15, 0.2) is 5.96 Å². The minimum atomic E-state index is 0.346. The quantitative estimate of drug-likeness (QED) is 0.472. The summed E-state index contributed by atoms with van der Waals surface area (Å²) in [6.45, 7) is 13.2. The SMILES string of the molecule is CCN1CCN(CCNC(=NC)NCC(c2ccc(OC)cc2)N2CCCC2)CC1. The van der Waals surface area contributed by atoms with Crippen molar-refractivity contribution < 1.29 is 4.74 Å². The van der Waals surface area contributed by atoms with Crippen LogP contribution < -0.4 is 15.4 Å². The molecule has 7 heteroatoms. The van der Waals surface area contributed by atoms with Crippen molar-refractivity contribution >= 4 is 5.96 Å². The summed E-state index contributed by atoms with van der Waals surface area (Å²) in [7, 11) is 3.57. The number of likely N-dealkylation sites (tertiary alicyclic amines) is 1. The second kappa shape index (κ2) is 12.1. The Labute approximate surface area is 182 Å². The highest BCUT2D eigenvalue weighted by Gasteiger charge is 2.24. The summed E-state index contributed by atoms with van der Waals surface area (Å²) in [5, 5.41) is 7.07. The van der Waals surface area contributed by atoms with E-state index in [1.54, 1.807) is 7.11 Å². The summed E-state index contributed by atoms with van der Waals surface area (Å²) in [5.74, 6) is 1.80. The molecule has 1 atom stereocenters. The number of nitrogens with zero attached hydrogens (tertiary/aromatic N) is 4. The van der Waals surface area contributed by atoms with Gasteiger partial charge in [-0.25, -0.2) is 0 Å². The smallest absolute Gasteiger partial charge is 0.191 e. The zero-order valence-corrected chi connectivity index (χ0v) is 19.1. The number of ether oxygens (including phenoxy) is 1. The van der Waals surface area contributed by atoms with Gasteiger partial charge < -0.3 is 20.3 Å². The van der Waals surface area contributed by atoms with Gasteiger partial charge in [0, 0.05) is 52.9 Å². The van der Waals surface area contributed by atoms with Crippen LogP contribution in [0.3, 0.4) is 0 Å². The Bertz CT molecular complexity index is 636. The Hall–Kier alpha value is -1.83. The number of aliphatic imine (C=N–C) groups is 1. The maximum atomic E-state index is 5.33. The molecular weight excluding hydrogens is 376 g/mol. The molecule has 2 saturated heterocycles. The van der Waals surface area contributed by atoms with Crippen LogP contribution in [-0.2, 0) is 0 Å². The number of benzene rings is 1. The number of nitrogens with one attached hydrogen (secondary N) is 2. The van der Waals surface area contributed by atoms with Gasteiger partial charge in [-0.1, -0.05) is 19.1 Å². The zero-order chi connectivity index (χ0) is 21.2. The Morgan fingerprint density at radius 2 is 1.67 bits per heavy atom. The van der Waals surface area contributed by atoms with Crippen LogP contribution >= 0.6 is 0 Å². The molecule has 0 aliphatic carbocycles. The molecule has 1 aromatic carbocycles. The summed E-state index contributed by atoms with van der Waals surface area (Å²) in [5.41, 5.74) is 1.33. The Kier molecular flexibility index (Phi) is 9.24. The summed E-state index contributed by atoms with van der Waals surface area (Å²) in [4.78, 5) is 12.1. The summed E-state index contributed by atoms with van der Waals surface area (Å²) < 4.78 is 5.33. The molecule has 0 spiro atoms. The molecule has 2 aliphatic rings. The lowest BCUT2D eigenvalue weighted by atomic mass is 10.1. The van der Waals surface area contributed by atoms with Gasteiger partial charge in [-0.05, 0) is 50.2 Å². The summed E-state index contributed by atoms with van der Waals surface area (Å²) >= 11 is 0. The van der Waals surface area contributed by atoms with E-state index in [-0.39, 0.29) is 0 Å². The molecular formula is C23H40N6O. The van der Waals surface area contributed by atoms with E-state index >= 15 is 0 Å². The Morgan fingerprint density at radius 1 is 1.00 bits per heavy atom. The fourth-order valence-electron chi connectivity index (χ4n) is 4.41. The van der Waals surface area contributed by atoms with Crippen molar-refractivity contribution in [3.05, 3.63) is 29.8 Å². The first-order chi connectivity index (χ1) is 14.7. The van der Waals surface area contributed by atoms with Crippen molar-refractivity contribution in [1.29, 1.82) is 0 Å². The van der Waals surface area contributed by atoms with E-state index in [9.17, 15) is 0 Å². The predicted octanol–water partition coefficient (Wildman–Crippen LogP) is 1.63. The van der Waals surface area contributed by atoms with Gasteiger partial charge in [0.05, 0.1) is 13.2 Å². The first-order valence-corrected chi connectivity index (χ1v) is 11.5. The normalized spacial score (nSPS) is 20.3. The highest BCUT2D eigenvalue weighted by molar-refractivity contribution is 5.79. The number of guanidine groups is 1. The second-order valence-electron chi connectivity index (χ2n) is 8.19. The topological polar surface area (TPSA) is 55.4 Å². The van der Waals surface area contributed by atoms with Gasteiger partial charge in [0.25, 0.3) is 0 Å². The molecule has 2 N–H and O–H groups in total. The lowest BCUT2D eigenvalue weighted by molar-refractivity contribution is 0.139. The van der Waals surface area contributed by atoms with E-state index in [1.807, 2.05) is 7.05 Å². The number of hydrogen-bond donors (Lipinski definition) is 2. The molecule has 1 unspecified atom stereocenters. The second-order valence-corrected chi connectivity index (χ2v) is 8.19. The van der Waals surface area contributed by atoms with Gasteiger partial charge in [-0.2, -0.15) is 0 Å². The molecule has 3 rings (SSSR count). The molecule has 2 heterocycles. The highest BCUT2D eigenvalue weighted by atomic mass is 16.5. The maximum absolute atomic E-state index is 5.33. The van der Waals surface area contributed by atoms with Crippen molar-refractivity contribution in [3.8, 4) is 5.75 Å². The average molecular weight is 417 g/mol. The largest absolute Gasteiger partial charge is 0.497 e. The van der Waals surface area contributed by atoms with Crippen LogP contribution in [0.2, 0.25) is 0 Å². The van der Waals surface area contributed by atoms with Crippen LogP contribution in [0.25, 0.3) is 0 Å². The first-order valence-electron chi connectivity index (χ1n) is 11.5. The van der Waals surface area contributed by atoms with Gasteiger partial charge in [0.1, 0.15) is 5.75 Å². The van der Waals surface area contributed by atoms with Crippen molar-refractivity contribution in [3.63, 3.8) is 0 Å². The van der Waals surface area contributed by atoms with Gasteiger partial charge in [0.2, 0.25) is 0 Å². The Morgan fingerprint density at radius 3 is 2.27 bits per heavy atom. The lowest BCUT2D eigenvalue weighted by Crippen LogP contribution is -2.49. The predicted molar refractivity (Wildman–Crippen MR) is 124 cm³/mol. The van der Waals surface area contributed by atoms with E-state index < -0.39 is 0 Å². The maximum Gasteiger partial charge on any atom is 0.191 e. The van der Waals surface area contributed by atoms with Crippen LogP contribution in [0, 0.1) is 0 Å². The number of methoxy groups -OCH3 is 1. The number of piperazine rings is 1. The van der Waals surface area contributed by atoms with Crippen LogP contribution in [0.1, 0.15) is 31.4 Å². The monoisotopic (exact) mass is 416 g/mol. The third-order valence-electron chi connectivity index (χ3n) is 6.40. The average Bonchev–Trinajstić information content (AvgIpc) is 3.33. The van der Waals surface area contributed by atoms with E-state index in [0.29, 0.717) is 6.04 Å². The van der Waals surface area contributed by atoms with Gasteiger partial charge in [-0.15, -0.1) is 0 Å². The minimum Gasteiger partial charge on any atom is -0.497 e. The third-order valence-corrected chi connectivity index (χ3v) is 6.40. The zero-order valence-electron chi connectivity index (χ0n) is 19.1. The van der Waals surface area contributed by atoms with E-state index in [2.05, 4.69) is 61.5 Å². The summed E-state index contributed by atoms with van der Waals surface area (Å²) in [6.07, 6.45) is 2.57. The molecule has 2 fully saturated rings. The molecule has 0 bridgehead atoms. The van der Waals surface area contributed by atoms with E-state index in [1.165, 1.54) is 31.5 Å². The van der Waals surface area contributed by atoms with E-state index in [0.717, 1.165) is 64.1 Å². The molecule has 0 saturated carbocycles. The van der Waals surface area contributed by atoms with Crippen LogP contribution in [-0.4, -0.2) is 100 Å². The van der Waals surface area contributed by atoms with Crippen molar-refractivity contribution in [1.82, 2.24) is 25.3 Å². The molecule has 7 nitrogen and oxygen atoms in total. The first kappa shape index (κ1) is 22.8. The van der Waals surface area contributed by atoms with Crippen molar-refractivity contribution in [2.24, 2.45) is 4.99 Å². The van der Waals surface area contributed by atoms with Crippen LogP contribution in [0.4, 0.5) is 0 Å². The van der Waals surface area contributed by atoms with Crippen LogP contribution in [0.5, 0.6) is 5.75 Å². The molecule has 0 aromatic heterocycles. The number of likely N-dealkylation sites (N-methyl/N-ethyl adjacent to an activating group) is 1. The molecule has 30 heavy (non-hydrogen) atoms. The molecule has 2 aliphatic heterocycles. The Balaban J connectivity index is 1.48. The molecule has 1 aromatic rings. The van der Waals surface area contributed by atoms with Gasteiger partial charge >= 0.3 is 0 Å². The number of rotatable bonds is 9. The van der Waals surface area contributed by atoms with Crippen LogP contribution in [0.15, 0.2) is 29.3 Å².